The molecule has 2 rings (SSSR count). The van der Waals surface area contributed by atoms with Crippen molar-refractivity contribution in [3.63, 3.8) is 0 Å². The first-order valence-electron chi connectivity index (χ1n) is 5.22. The molecule has 0 radical (unpaired) electrons. The van der Waals surface area contributed by atoms with Gasteiger partial charge in [0.1, 0.15) is 0 Å². The summed E-state index contributed by atoms with van der Waals surface area (Å²) < 4.78 is 4.51. The maximum Gasteiger partial charge on any atom is 0.374 e. The van der Waals surface area contributed by atoms with Crippen LogP contribution >= 0.6 is 0 Å². The van der Waals surface area contributed by atoms with E-state index in [4.69, 9.17) is 10.2 Å². The summed E-state index contributed by atoms with van der Waals surface area (Å²) in [6, 6.07) is 1.11. The summed E-state index contributed by atoms with van der Waals surface area (Å²) in [7, 11) is 0. The predicted octanol–water partition coefficient (Wildman–Crippen LogP) is -0.173. The molecule has 1 fully saturated rings. The van der Waals surface area contributed by atoms with Gasteiger partial charge in [-0.3, -0.25) is 4.79 Å². The van der Waals surface area contributed by atoms with Gasteiger partial charge in [-0.1, -0.05) is 5.16 Å². The first-order valence-corrected chi connectivity index (χ1v) is 5.22. The van der Waals surface area contributed by atoms with Crippen molar-refractivity contribution >= 4 is 11.9 Å². The second-order valence-electron chi connectivity index (χ2n) is 3.97. The zero-order valence-corrected chi connectivity index (χ0v) is 9.00. The van der Waals surface area contributed by atoms with Crippen LogP contribution < -0.4 is 0 Å². The Morgan fingerprint density at radius 2 is 2.35 bits per heavy atom. The first kappa shape index (κ1) is 11.6. The first-order chi connectivity index (χ1) is 8.11. The molecule has 1 aliphatic heterocycles. The second kappa shape index (κ2) is 4.54. The highest BCUT2D eigenvalue weighted by atomic mass is 16.5. The number of carbonyl (C=O) groups is 2. The number of aliphatic hydroxyl groups is 1. The van der Waals surface area contributed by atoms with E-state index in [2.05, 4.69) is 9.68 Å². The summed E-state index contributed by atoms with van der Waals surface area (Å²) >= 11 is 0. The standard InChI is InChI=1S/C10H12N2O5/c13-5-6-1-2-12(4-6)9(14)7-3-8(10(15)16)17-11-7/h3,6,13H,1-2,4-5H2,(H,15,16). The molecule has 2 heterocycles. The van der Waals surface area contributed by atoms with Gasteiger partial charge in [0, 0.05) is 31.7 Å². The largest absolute Gasteiger partial charge is 0.475 e. The summed E-state index contributed by atoms with van der Waals surface area (Å²) in [5.41, 5.74) is -0.0130. The monoisotopic (exact) mass is 240 g/mol. The number of aromatic carboxylic acids is 1. The van der Waals surface area contributed by atoms with Gasteiger partial charge in [-0.2, -0.15) is 0 Å². The number of carbonyl (C=O) groups excluding carboxylic acids is 1. The average Bonchev–Trinajstić information content (AvgIpc) is 2.97. The van der Waals surface area contributed by atoms with Crippen molar-refractivity contribution in [2.45, 2.75) is 6.42 Å². The minimum absolute atomic E-state index is 0.0130. The van der Waals surface area contributed by atoms with Crippen LogP contribution in [0.25, 0.3) is 0 Å². The quantitative estimate of drug-likeness (QED) is 0.760. The van der Waals surface area contributed by atoms with Crippen LogP contribution in [-0.4, -0.2) is 51.8 Å². The third kappa shape index (κ3) is 2.28. The number of aliphatic hydroxyl groups excluding tert-OH is 1. The number of hydrogen-bond donors (Lipinski definition) is 2. The van der Waals surface area contributed by atoms with Crippen LogP contribution in [0, 0.1) is 5.92 Å². The number of carboxylic acid groups (broad SMARTS) is 1. The Bertz CT molecular complexity index is 442. The Kier molecular flexibility index (Phi) is 3.10. The van der Waals surface area contributed by atoms with Gasteiger partial charge in [0.05, 0.1) is 0 Å². The topological polar surface area (TPSA) is 104 Å². The van der Waals surface area contributed by atoms with Gasteiger partial charge in [0.2, 0.25) is 5.76 Å². The molecule has 17 heavy (non-hydrogen) atoms. The molecule has 0 spiro atoms. The van der Waals surface area contributed by atoms with Gasteiger partial charge in [-0.25, -0.2) is 4.79 Å². The average molecular weight is 240 g/mol. The van der Waals surface area contributed by atoms with Gasteiger partial charge in [0.25, 0.3) is 5.91 Å². The predicted molar refractivity (Wildman–Crippen MR) is 54.6 cm³/mol. The van der Waals surface area contributed by atoms with E-state index in [9.17, 15) is 9.59 Å². The summed E-state index contributed by atoms with van der Waals surface area (Å²) in [4.78, 5) is 24.0. The lowest BCUT2D eigenvalue weighted by molar-refractivity contribution is 0.0649. The van der Waals surface area contributed by atoms with Crippen LogP contribution in [-0.2, 0) is 0 Å². The zero-order valence-electron chi connectivity index (χ0n) is 9.00. The fraction of sp³-hybridized carbons (Fsp3) is 0.500. The van der Waals surface area contributed by atoms with E-state index in [1.165, 1.54) is 4.90 Å². The molecule has 1 aliphatic rings. The number of nitrogens with zero attached hydrogens (tertiary/aromatic N) is 2. The smallest absolute Gasteiger partial charge is 0.374 e. The van der Waals surface area contributed by atoms with Crippen molar-refractivity contribution < 1.29 is 24.3 Å². The van der Waals surface area contributed by atoms with Crippen molar-refractivity contribution in [1.82, 2.24) is 10.1 Å². The molecule has 7 heteroatoms. The molecule has 1 atom stereocenters. The molecule has 1 unspecified atom stereocenters. The summed E-state index contributed by atoms with van der Waals surface area (Å²) in [6.07, 6.45) is 0.742. The molecule has 0 bridgehead atoms. The summed E-state index contributed by atoms with van der Waals surface area (Å²) in [5.74, 6) is -1.89. The van der Waals surface area contributed by atoms with Gasteiger partial charge >= 0.3 is 5.97 Å². The lowest BCUT2D eigenvalue weighted by Gasteiger charge is -2.13. The zero-order chi connectivity index (χ0) is 12.4. The summed E-state index contributed by atoms with van der Waals surface area (Å²) in [6.45, 7) is 1.05. The van der Waals surface area contributed by atoms with E-state index in [0.29, 0.717) is 13.1 Å². The highest BCUT2D eigenvalue weighted by Crippen LogP contribution is 2.18. The highest BCUT2D eigenvalue weighted by Gasteiger charge is 2.28. The molecule has 7 nitrogen and oxygen atoms in total. The maximum atomic E-state index is 11.9. The lowest BCUT2D eigenvalue weighted by atomic mass is 10.1. The molecule has 2 N–H and O–H groups in total. The van der Waals surface area contributed by atoms with Crippen LogP contribution in [0.15, 0.2) is 10.6 Å². The molecule has 1 amide bonds. The number of rotatable bonds is 3. The molecular formula is C10H12N2O5. The fourth-order valence-corrected chi connectivity index (χ4v) is 1.80. The third-order valence-corrected chi connectivity index (χ3v) is 2.77. The Hall–Kier alpha value is -1.89. The Morgan fingerprint density at radius 3 is 2.88 bits per heavy atom. The van der Waals surface area contributed by atoms with Gasteiger partial charge in [0.15, 0.2) is 5.69 Å². The third-order valence-electron chi connectivity index (χ3n) is 2.77. The minimum Gasteiger partial charge on any atom is -0.475 e. The Balaban J connectivity index is 2.07. The van der Waals surface area contributed by atoms with Crippen molar-refractivity contribution in [3.8, 4) is 0 Å². The van der Waals surface area contributed by atoms with Crippen LogP contribution in [0.3, 0.4) is 0 Å². The second-order valence-corrected chi connectivity index (χ2v) is 3.97. The number of amides is 1. The number of hydrogen-bond acceptors (Lipinski definition) is 5. The molecule has 1 aromatic heterocycles. The number of carboxylic acids is 1. The molecule has 0 saturated carbocycles. The molecule has 0 aromatic carbocycles. The van der Waals surface area contributed by atoms with Crippen LogP contribution in [0.2, 0.25) is 0 Å². The normalized spacial score (nSPS) is 19.6. The fourth-order valence-electron chi connectivity index (χ4n) is 1.80. The van der Waals surface area contributed by atoms with Crippen molar-refractivity contribution in [1.29, 1.82) is 0 Å². The van der Waals surface area contributed by atoms with E-state index in [1.54, 1.807) is 0 Å². The van der Waals surface area contributed by atoms with E-state index in [1.807, 2.05) is 0 Å². The van der Waals surface area contributed by atoms with E-state index in [-0.39, 0.29) is 29.9 Å². The maximum absolute atomic E-state index is 11.9. The Morgan fingerprint density at radius 1 is 1.59 bits per heavy atom. The molecule has 1 aromatic rings. The van der Waals surface area contributed by atoms with Crippen molar-refractivity contribution in [3.05, 3.63) is 17.5 Å². The number of aromatic nitrogens is 1. The molecule has 0 aliphatic carbocycles. The highest BCUT2D eigenvalue weighted by molar-refractivity contribution is 5.94. The molecular weight excluding hydrogens is 228 g/mol. The van der Waals surface area contributed by atoms with E-state index < -0.39 is 5.97 Å². The Labute approximate surface area is 96.6 Å². The van der Waals surface area contributed by atoms with Crippen molar-refractivity contribution in [2.24, 2.45) is 5.92 Å². The van der Waals surface area contributed by atoms with Gasteiger partial charge in [-0.05, 0) is 6.42 Å². The van der Waals surface area contributed by atoms with E-state index >= 15 is 0 Å². The van der Waals surface area contributed by atoms with E-state index in [0.717, 1.165) is 12.5 Å². The molecule has 92 valence electrons. The number of likely N-dealkylation sites (tertiary alicyclic amines) is 1. The van der Waals surface area contributed by atoms with Gasteiger partial charge < -0.3 is 19.6 Å². The summed E-state index contributed by atoms with van der Waals surface area (Å²) in [5, 5.41) is 21.0. The van der Waals surface area contributed by atoms with Crippen LogP contribution in [0.5, 0.6) is 0 Å². The molecule has 1 saturated heterocycles. The van der Waals surface area contributed by atoms with Crippen molar-refractivity contribution in [2.75, 3.05) is 19.7 Å². The van der Waals surface area contributed by atoms with Crippen LogP contribution in [0.4, 0.5) is 0 Å². The lowest BCUT2D eigenvalue weighted by Crippen LogP contribution is -2.29. The van der Waals surface area contributed by atoms with Crippen LogP contribution in [0.1, 0.15) is 27.5 Å². The minimum atomic E-state index is -1.26. The SMILES string of the molecule is O=C(O)c1cc(C(=O)N2CCC(CO)C2)no1. The van der Waals surface area contributed by atoms with Gasteiger partial charge in [-0.15, -0.1) is 0 Å².